The maximum absolute atomic E-state index is 11.6. The number of aromatic nitrogens is 1. The molecule has 0 saturated carbocycles. The fourth-order valence-electron chi connectivity index (χ4n) is 0.909. The average Bonchev–Trinajstić information content (AvgIpc) is 2.14. The van der Waals surface area contributed by atoms with Crippen LogP contribution in [0, 0.1) is 0 Å². The van der Waals surface area contributed by atoms with Crippen molar-refractivity contribution in [1.82, 2.24) is 10.3 Å². The second-order valence-electron chi connectivity index (χ2n) is 4.03. The fraction of sp³-hybridized carbons (Fsp3) is 0.400. The van der Waals surface area contributed by atoms with Gasteiger partial charge in [-0.1, -0.05) is 0 Å². The van der Waals surface area contributed by atoms with Crippen molar-refractivity contribution in [3.05, 3.63) is 28.5 Å². The van der Waals surface area contributed by atoms with E-state index < -0.39 is 5.54 Å². The van der Waals surface area contributed by atoms with E-state index in [0.717, 1.165) is 4.47 Å². The van der Waals surface area contributed by atoms with Crippen LogP contribution in [0.2, 0.25) is 0 Å². The lowest BCUT2D eigenvalue weighted by Gasteiger charge is -2.18. The molecule has 7 heteroatoms. The standard InChI is InChI=1S/C10H14BrN3O.2ClH/c1-10(2,12)6-14-9(15)8-4-3-7(11)5-13-8;;/h3-5H,6,12H2,1-2H3,(H,14,15);2*1H. The van der Waals surface area contributed by atoms with Crippen LogP contribution in [0.3, 0.4) is 0 Å². The molecule has 0 atom stereocenters. The van der Waals surface area contributed by atoms with Crippen molar-refractivity contribution in [2.45, 2.75) is 19.4 Å². The fourth-order valence-corrected chi connectivity index (χ4v) is 1.14. The summed E-state index contributed by atoms with van der Waals surface area (Å²) in [6, 6.07) is 3.43. The molecule has 0 unspecified atom stereocenters. The SMILES string of the molecule is CC(C)(N)CNC(=O)c1ccc(Br)cn1.Cl.Cl. The number of rotatable bonds is 3. The lowest BCUT2D eigenvalue weighted by molar-refractivity contribution is 0.0941. The van der Waals surface area contributed by atoms with Crippen LogP contribution in [-0.4, -0.2) is 23.0 Å². The van der Waals surface area contributed by atoms with Crippen LogP contribution < -0.4 is 11.1 Å². The first-order valence-corrected chi connectivity index (χ1v) is 5.36. The van der Waals surface area contributed by atoms with E-state index in [0.29, 0.717) is 12.2 Å². The van der Waals surface area contributed by atoms with E-state index >= 15 is 0 Å². The van der Waals surface area contributed by atoms with Gasteiger partial charge in [-0.3, -0.25) is 4.79 Å². The van der Waals surface area contributed by atoms with Crippen LogP contribution in [0.15, 0.2) is 22.8 Å². The summed E-state index contributed by atoms with van der Waals surface area (Å²) in [5.74, 6) is -0.207. The average molecular weight is 345 g/mol. The van der Waals surface area contributed by atoms with Gasteiger partial charge in [-0.05, 0) is 41.9 Å². The third-order valence-corrected chi connectivity index (χ3v) is 2.13. The summed E-state index contributed by atoms with van der Waals surface area (Å²) >= 11 is 3.25. The van der Waals surface area contributed by atoms with Crippen LogP contribution in [-0.2, 0) is 0 Å². The second kappa shape index (κ2) is 7.87. The summed E-state index contributed by atoms with van der Waals surface area (Å²) in [5.41, 5.74) is 5.72. The van der Waals surface area contributed by atoms with Crippen molar-refractivity contribution in [1.29, 1.82) is 0 Å². The zero-order valence-corrected chi connectivity index (χ0v) is 12.8. The Labute approximate surface area is 122 Å². The Kier molecular flexibility index (Phi) is 8.79. The molecular weight excluding hydrogens is 329 g/mol. The number of pyridine rings is 1. The highest BCUT2D eigenvalue weighted by atomic mass is 79.9. The molecule has 1 aromatic heterocycles. The van der Waals surface area contributed by atoms with Crippen molar-refractivity contribution in [3.8, 4) is 0 Å². The smallest absolute Gasteiger partial charge is 0.269 e. The molecule has 1 heterocycles. The first-order valence-electron chi connectivity index (χ1n) is 4.57. The van der Waals surface area contributed by atoms with Gasteiger partial charge in [-0.15, -0.1) is 24.8 Å². The van der Waals surface area contributed by atoms with Crippen molar-refractivity contribution < 1.29 is 4.79 Å². The van der Waals surface area contributed by atoms with Crippen LogP contribution >= 0.6 is 40.7 Å². The minimum Gasteiger partial charge on any atom is -0.349 e. The van der Waals surface area contributed by atoms with E-state index in [1.165, 1.54) is 0 Å². The van der Waals surface area contributed by atoms with E-state index in [9.17, 15) is 4.79 Å². The number of amides is 1. The molecule has 1 aromatic rings. The molecule has 0 aromatic carbocycles. The van der Waals surface area contributed by atoms with Crippen molar-refractivity contribution >= 4 is 46.7 Å². The van der Waals surface area contributed by atoms with Gasteiger partial charge >= 0.3 is 0 Å². The maximum atomic E-state index is 11.6. The predicted octanol–water partition coefficient (Wildman–Crippen LogP) is 2.15. The molecular formula is C10H16BrCl2N3O. The van der Waals surface area contributed by atoms with Crippen molar-refractivity contribution in [2.24, 2.45) is 5.73 Å². The summed E-state index contributed by atoms with van der Waals surface area (Å²) in [7, 11) is 0. The monoisotopic (exact) mass is 343 g/mol. The maximum Gasteiger partial charge on any atom is 0.269 e. The summed E-state index contributed by atoms with van der Waals surface area (Å²) in [5, 5.41) is 2.72. The number of hydrogen-bond donors (Lipinski definition) is 2. The Morgan fingerprint density at radius 2 is 2.06 bits per heavy atom. The Morgan fingerprint density at radius 3 is 2.47 bits per heavy atom. The first kappa shape index (κ1) is 19.0. The van der Waals surface area contributed by atoms with Crippen LogP contribution in [0.25, 0.3) is 0 Å². The molecule has 1 rings (SSSR count). The molecule has 17 heavy (non-hydrogen) atoms. The molecule has 0 bridgehead atoms. The van der Waals surface area contributed by atoms with Gasteiger partial charge in [-0.25, -0.2) is 4.98 Å². The van der Waals surface area contributed by atoms with Gasteiger partial charge in [0.05, 0.1) is 0 Å². The van der Waals surface area contributed by atoms with Gasteiger partial charge < -0.3 is 11.1 Å². The summed E-state index contributed by atoms with van der Waals surface area (Å²) in [6.07, 6.45) is 1.59. The lowest BCUT2D eigenvalue weighted by Crippen LogP contribution is -2.45. The number of nitrogens with two attached hydrogens (primary N) is 1. The van der Waals surface area contributed by atoms with Gasteiger partial charge in [0, 0.05) is 22.8 Å². The van der Waals surface area contributed by atoms with Gasteiger partial charge in [0.15, 0.2) is 0 Å². The van der Waals surface area contributed by atoms with Crippen molar-refractivity contribution in [2.75, 3.05) is 6.54 Å². The highest BCUT2D eigenvalue weighted by Crippen LogP contribution is 2.07. The number of nitrogens with zero attached hydrogens (tertiary/aromatic N) is 1. The highest BCUT2D eigenvalue weighted by molar-refractivity contribution is 9.10. The molecule has 0 saturated heterocycles. The minimum atomic E-state index is -0.412. The largest absolute Gasteiger partial charge is 0.349 e. The molecule has 3 N–H and O–H groups in total. The quantitative estimate of drug-likeness (QED) is 0.882. The zero-order chi connectivity index (χ0) is 11.5. The van der Waals surface area contributed by atoms with Gasteiger partial charge in [-0.2, -0.15) is 0 Å². The van der Waals surface area contributed by atoms with Gasteiger partial charge in [0.2, 0.25) is 0 Å². The molecule has 0 aliphatic heterocycles. The zero-order valence-electron chi connectivity index (χ0n) is 9.57. The molecule has 0 aliphatic carbocycles. The summed E-state index contributed by atoms with van der Waals surface area (Å²) in [6.45, 7) is 4.12. The Morgan fingerprint density at radius 1 is 1.47 bits per heavy atom. The molecule has 4 nitrogen and oxygen atoms in total. The Bertz CT molecular complexity index is 352. The second-order valence-corrected chi connectivity index (χ2v) is 4.95. The molecule has 0 aliphatic rings. The molecule has 98 valence electrons. The molecule has 0 spiro atoms. The van der Waals surface area contributed by atoms with E-state index in [1.807, 2.05) is 13.8 Å². The molecule has 1 amide bonds. The molecule has 0 radical (unpaired) electrons. The van der Waals surface area contributed by atoms with Crippen LogP contribution in [0.4, 0.5) is 0 Å². The number of halogens is 3. The third kappa shape index (κ3) is 7.54. The Hall–Kier alpha value is -0.360. The van der Waals surface area contributed by atoms with E-state index in [-0.39, 0.29) is 30.7 Å². The van der Waals surface area contributed by atoms with E-state index in [1.54, 1.807) is 18.3 Å². The minimum absolute atomic E-state index is 0. The van der Waals surface area contributed by atoms with Crippen LogP contribution in [0.5, 0.6) is 0 Å². The number of carbonyl (C=O) groups is 1. The van der Waals surface area contributed by atoms with E-state index in [2.05, 4.69) is 26.2 Å². The number of hydrogen-bond acceptors (Lipinski definition) is 3. The topological polar surface area (TPSA) is 68.0 Å². The molecule has 0 fully saturated rings. The summed E-state index contributed by atoms with van der Waals surface area (Å²) in [4.78, 5) is 15.5. The first-order chi connectivity index (χ1) is 6.88. The van der Waals surface area contributed by atoms with Crippen LogP contribution in [0.1, 0.15) is 24.3 Å². The highest BCUT2D eigenvalue weighted by Gasteiger charge is 2.13. The van der Waals surface area contributed by atoms with Gasteiger partial charge in [0.1, 0.15) is 5.69 Å². The Balaban J connectivity index is 0. The predicted molar refractivity (Wildman–Crippen MR) is 77.0 cm³/mol. The van der Waals surface area contributed by atoms with Crippen molar-refractivity contribution in [3.63, 3.8) is 0 Å². The third-order valence-electron chi connectivity index (χ3n) is 1.66. The van der Waals surface area contributed by atoms with E-state index in [4.69, 9.17) is 5.73 Å². The lowest BCUT2D eigenvalue weighted by atomic mass is 10.1. The summed E-state index contributed by atoms with van der Waals surface area (Å²) < 4.78 is 0.846. The van der Waals surface area contributed by atoms with Gasteiger partial charge in [0.25, 0.3) is 5.91 Å². The number of carbonyl (C=O) groups excluding carboxylic acids is 1. The normalized spacial score (nSPS) is 9.88. The number of nitrogens with one attached hydrogen (secondary N) is 1.